The Morgan fingerprint density at radius 2 is 2.04 bits per heavy atom. The van der Waals surface area contributed by atoms with E-state index in [4.69, 9.17) is 9.40 Å². The SMILES string of the molecule is COC(=O)c1ccc(CSc2nc3ccccc3c(=O)n2C2CCCC2)o1. The maximum atomic E-state index is 13.1. The lowest BCUT2D eigenvalue weighted by molar-refractivity contribution is 0.0563. The Hall–Kier alpha value is -2.54. The van der Waals surface area contributed by atoms with Crippen molar-refractivity contribution in [2.75, 3.05) is 7.11 Å². The molecule has 140 valence electrons. The quantitative estimate of drug-likeness (QED) is 0.373. The lowest BCUT2D eigenvalue weighted by atomic mass is 10.2. The summed E-state index contributed by atoms with van der Waals surface area (Å²) in [6.45, 7) is 0. The molecule has 27 heavy (non-hydrogen) atoms. The summed E-state index contributed by atoms with van der Waals surface area (Å²) in [5.74, 6) is 0.792. The minimum Gasteiger partial charge on any atom is -0.463 e. The van der Waals surface area contributed by atoms with Crippen LogP contribution >= 0.6 is 11.8 Å². The highest BCUT2D eigenvalue weighted by Crippen LogP contribution is 2.33. The van der Waals surface area contributed by atoms with Gasteiger partial charge in [0, 0.05) is 6.04 Å². The van der Waals surface area contributed by atoms with E-state index in [1.165, 1.54) is 18.9 Å². The number of ether oxygens (including phenoxy) is 1. The molecule has 0 atom stereocenters. The molecule has 1 saturated carbocycles. The standard InChI is InChI=1S/C20H20N2O4S/c1-25-19(24)17-11-10-14(26-17)12-27-20-21-16-9-5-4-8-15(16)18(23)22(20)13-6-2-3-7-13/h4-5,8-11,13H,2-3,6-7,12H2,1H3. The number of methoxy groups -OCH3 is 1. The predicted molar refractivity (Wildman–Crippen MR) is 103 cm³/mol. The number of hydrogen-bond donors (Lipinski definition) is 0. The van der Waals surface area contributed by atoms with Crippen LogP contribution in [0, 0.1) is 0 Å². The zero-order chi connectivity index (χ0) is 18.8. The fourth-order valence-electron chi connectivity index (χ4n) is 3.51. The number of rotatable bonds is 5. The Bertz CT molecular complexity index is 1030. The normalized spacial score (nSPS) is 14.7. The number of furan rings is 1. The molecule has 0 unspecified atom stereocenters. The lowest BCUT2D eigenvalue weighted by Gasteiger charge is -2.18. The maximum Gasteiger partial charge on any atom is 0.373 e. The molecular formula is C20H20N2O4S. The van der Waals surface area contributed by atoms with Crippen LogP contribution in [-0.2, 0) is 10.5 Å². The van der Waals surface area contributed by atoms with Gasteiger partial charge >= 0.3 is 5.97 Å². The van der Waals surface area contributed by atoms with Gasteiger partial charge in [0.2, 0.25) is 5.76 Å². The third-order valence-electron chi connectivity index (χ3n) is 4.86. The molecule has 0 amide bonds. The summed E-state index contributed by atoms with van der Waals surface area (Å²) in [5, 5.41) is 1.35. The van der Waals surface area contributed by atoms with E-state index < -0.39 is 5.97 Å². The molecule has 0 spiro atoms. The van der Waals surface area contributed by atoms with E-state index in [0.29, 0.717) is 27.6 Å². The molecule has 2 heterocycles. The highest BCUT2D eigenvalue weighted by molar-refractivity contribution is 7.98. The molecule has 1 aliphatic rings. The number of benzene rings is 1. The lowest BCUT2D eigenvalue weighted by Crippen LogP contribution is -2.26. The maximum absolute atomic E-state index is 13.1. The number of carbonyl (C=O) groups is 1. The molecule has 0 saturated heterocycles. The van der Waals surface area contributed by atoms with Gasteiger partial charge in [-0.05, 0) is 37.1 Å². The van der Waals surface area contributed by atoms with Crippen molar-refractivity contribution in [1.29, 1.82) is 0 Å². The Labute approximate surface area is 160 Å². The molecule has 7 heteroatoms. The topological polar surface area (TPSA) is 74.3 Å². The number of aromatic nitrogens is 2. The number of fused-ring (bicyclic) bond motifs is 1. The van der Waals surface area contributed by atoms with E-state index in [1.54, 1.807) is 12.1 Å². The first kappa shape index (κ1) is 17.9. The molecule has 1 fully saturated rings. The van der Waals surface area contributed by atoms with E-state index in [9.17, 15) is 9.59 Å². The van der Waals surface area contributed by atoms with E-state index in [1.807, 2.05) is 28.8 Å². The highest BCUT2D eigenvalue weighted by Gasteiger charge is 2.23. The summed E-state index contributed by atoms with van der Waals surface area (Å²) < 4.78 is 12.0. The van der Waals surface area contributed by atoms with Crippen LogP contribution in [0.2, 0.25) is 0 Å². The molecule has 3 aromatic rings. The Kier molecular flexibility index (Phi) is 5.03. The van der Waals surface area contributed by atoms with Crippen molar-refractivity contribution in [3.63, 3.8) is 0 Å². The van der Waals surface area contributed by atoms with Crippen molar-refractivity contribution in [3.05, 3.63) is 58.3 Å². The first-order valence-electron chi connectivity index (χ1n) is 8.98. The van der Waals surface area contributed by atoms with Gasteiger partial charge in [-0.2, -0.15) is 0 Å². The van der Waals surface area contributed by atoms with Crippen LogP contribution in [0.15, 0.2) is 50.8 Å². The average Bonchev–Trinajstić information content (AvgIpc) is 3.38. The van der Waals surface area contributed by atoms with Crippen molar-refractivity contribution >= 4 is 28.6 Å². The summed E-state index contributed by atoms with van der Waals surface area (Å²) in [6, 6.07) is 11.0. The Balaban J connectivity index is 1.67. The van der Waals surface area contributed by atoms with Gasteiger partial charge in [0.05, 0.1) is 23.8 Å². The van der Waals surface area contributed by atoms with Crippen LogP contribution in [-0.4, -0.2) is 22.6 Å². The fraction of sp³-hybridized carbons (Fsp3) is 0.350. The third-order valence-corrected chi connectivity index (χ3v) is 5.83. The van der Waals surface area contributed by atoms with Gasteiger partial charge in [-0.25, -0.2) is 9.78 Å². The Morgan fingerprint density at radius 3 is 2.81 bits per heavy atom. The van der Waals surface area contributed by atoms with Crippen LogP contribution in [0.3, 0.4) is 0 Å². The molecular weight excluding hydrogens is 364 g/mol. The van der Waals surface area contributed by atoms with Crippen LogP contribution < -0.4 is 5.56 Å². The van der Waals surface area contributed by atoms with E-state index in [2.05, 4.69) is 4.74 Å². The zero-order valence-electron chi connectivity index (χ0n) is 15.0. The summed E-state index contributed by atoms with van der Waals surface area (Å²) in [7, 11) is 1.32. The van der Waals surface area contributed by atoms with E-state index >= 15 is 0 Å². The second-order valence-electron chi connectivity index (χ2n) is 6.57. The van der Waals surface area contributed by atoms with Crippen molar-refractivity contribution in [1.82, 2.24) is 9.55 Å². The molecule has 0 N–H and O–H groups in total. The van der Waals surface area contributed by atoms with E-state index in [-0.39, 0.29) is 17.4 Å². The van der Waals surface area contributed by atoms with Gasteiger partial charge in [0.1, 0.15) is 5.76 Å². The molecule has 1 aromatic carbocycles. The van der Waals surface area contributed by atoms with Crippen LogP contribution in [0.4, 0.5) is 0 Å². The van der Waals surface area contributed by atoms with Crippen molar-refractivity contribution in [3.8, 4) is 0 Å². The fourth-order valence-corrected chi connectivity index (χ4v) is 4.47. The third kappa shape index (κ3) is 3.51. The van der Waals surface area contributed by atoms with Gasteiger partial charge in [0.25, 0.3) is 5.56 Å². The molecule has 1 aliphatic carbocycles. The highest BCUT2D eigenvalue weighted by atomic mass is 32.2. The largest absolute Gasteiger partial charge is 0.463 e. The summed E-state index contributed by atoms with van der Waals surface area (Å²) in [5.41, 5.74) is 0.721. The summed E-state index contributed by atoms with van der Waals surface area (Å²) >= 11 is 1.45. The molecule has 0 radical (unpaired) electrons. The first-order valence-corrected chi connectivity index (χ1v) is 9.97. The van der Waals surface area contributed by atoms with Crippen molar-refractivity contribution < 1.29 is 13.9 Å². The van der Waals surface area contributed by atoms with E-state index in [0.717, 1.165) is 25.7 Å². The van der Waals surface area contributed by atoms with Crippen LogP contribution in [0.25, 0.3) is 10.9 Å². The minimum atomic E-state index is -0.502. The second-order valence-corrected chi connectivity index (χ2v) is 7.51. The Morgan fingerprint density at radius 1 is 1.26 bits per heavy atom. The molecule has 0 bridgehead atoms. The van der Waals surface area contributed by atoms with Crippen molar-refractivity contribution in [2.45, 2.75) is 42.6 Å². The van der Waals surface area contributed by atoms with Crippen LogP contribution in [0.5, 0.6) is 0 Å². The smallest absolute Gasteiger partial charge is 0.373 e. The van der Waals surface area contributed by atoms with Gasteiger partial charge in [-0.3, -0.25) is 9.36 Å². The molecule has 2 aromatic heterocycles. The van der Waals surface area contributed by atoms with Crippen LogP contribution in [0.1, 0.15) is 48.0 Å². The molecule has 0 aliphatic heterocycles. The van der Waals surface area contributed by atoms with Gasteiger partial charge < -0.3 is 9.15 Å². The van der Waals surface area contributed by atoms with Gasteiger partial charge in [0.15, 0.2) is 5.16 Å². The first-order chi connectivity index (χ1) is 13.2. The molecule has 4 rings (SSSR count). The average molecular weight is 384 g/mol. The summed E-state index contributed by atoms with van der Waals surface area (Å²) in [6.07, 6.45) is 4.27. The zero-order valence-corrected chi connectivity index (χ0v) is 15.8. The number of para-hydroxylation sites is 1. The molecule has 6 nitrogen and oxygen atoms in total. The van der Waals surface area contributed by atoms with Crippen molar-refractivity contribution in [2.24, 2.45) is 0 Å². The number of carbonyl (C=O) groups excluding carboxylic acids is 1. The number of nitrogens with zero attached hydrogens (tertiary/aromatic N) is 2. The second kappa shape index (κ2) is 7.60. The summed E-state index contributed by atoms with van der Waals surface area (Å²) in [4.78, 5) is 29.4. The number of thioether (sulfide) groups is 1. The number of esters is 1. The van der Waals surface area contributed by atoms with Gasteiger partial charge in [-0.15, -0.1) is 0 Å². The minimum absolute atomic E-state index is 0.0182. The monoisotopic (exact) mass is 384 g/mol. The van der Waals surface area contributed by atoms with Gasteiger partial charge in [-0.1, -0.05) is 36.7 Å². The number of hydrogen-bond acceptors (Lipinski definition) is 6. The predicted octanol–water partition coefficient (Wildman–Crippen LogP) is 4.18.